The van der Waals surface area contributed by atoms with Crippen molar-refractivity contribution < 1.29 is 28.8 Å². The predicted octanol–water partition coefficient (Wildman–Crippen LogP) is 2.80. The molecular formula is C30H45N5O6S. The first-order valence-electron chi connectivity index (χ1n) is 14.1. The fraction of sp³-hybridized carbons (Fsp3) is 0.600. The molecule has 3 atom stereocenters. The number of likely N-dealkylation sites (N-methyl/N-ethyl adjacent to an activating group) is 2. The van der Waals surface area contributed by atoms with Crippen LogP contribution in [-0.4, -0.2) is 88.1 Å². The summed E-state index contributed by atoms with van der Waals surface area (Å²) in [4.78, 5) is 80.9. The van der Waals surface area contributed by atoms with Crippen LogP contribution in [0, 0.1) is 11.3 Å². The lowest BCUT2D eigenvalue weighted by Gasteiger charge is -2.32. The van der Waals surface area contributed by atoms with Crippen molar-refractivity contribution in [1.29, 1.82) is 0 Å². The summed E-state index contributed by atoms with van der Waals surface area (Å²) in [5.41, 5.74) is -1.24. The highest BCUT2D eigenvalue weighted by molar-refractivity contribution is 8.15. The Hall–Kier alpha value is -3.41. The lowest BCUT2D eigenvalue weighted by Crippen LogP contribution is -2.58. The summed E-state index contributed by atoms with van der Waals surface area (Å²) < 4.78 is 0. The molecule has 6 amide bonds. The van der Waals surface area contributed by atoms with Gasteiger partial charge in [0.1, 0.15) is 17.6 Å². The van der Waals surface area contributed by atoms with Crippen LogP contribution in [-0.2, 0) is 19.2 Å². The lowest BCUT2D eigenvalue weighted by molar-refractivity contribution is -0.134. The minimum absolute atomic E-state index is 0.00462. The number of carbonyl (C=O) groups excluding carboxylic acids is 6. The Labute approximate surface area is 252 Å². The zero-order chi connectivity index (χ0) is 32.0. The average molecular weight is 604 g/mol. The van der Waals surface area contributed by atoms with E-state index in [0.717, 1.165) is 16.7 Å². The maximum absolute atomic E-state index is 13.7. The minimum Gasteiger partial charge on any atom is -0.357 e. The van der Waals surface area contributed by atoms with Crippen LogP contribution in [0.2, 0.25) is 0 Å². The van der Waals surface area contributed by atoms with Gasteiger partial charge in [-0.2, -0.15) is 0 Å². The van der Waals surface area contributed by atoms with E-state index < -0.39 is 52.0 Å². The largest absolute Gasteiger partial charge is 0.357 e. The van der Waals surface area contributed by atoms with Crippen LogP contribution in [0.5, 0.6) is 0 Å². The van der Waals surface area contributed by atoms with Crippen LogP contribution >= 0.6 is 11.8 Å². The summed E-state index contributed by atoms with van der Waals surface area (Å²) in [5.74, 6) is -1.84. The van der Waals surface area contributed by atoms with Crippen LogP contribution in [0.3, 0.4) is 0 Å². The van der Waals surface area contributed by atoms with Crippen molar-refractivity contribution in [1.82, 2.24) is 25.8 Å². The number of rotatable bonds is 12. The van der Waals surface area contributed by atoms with E-state index in [2.05, 4.69) is 16.0 Å². The zero-order valence-corrected chi connectivity index (χ0v) is 26.9. The highest BCUT2D eigenvalue weighted by atomic mass is 32.2. The number of carbonyl (C=O) groups is 6. The molecule has 0 saturated carbocycles. The van der Waals surface area contributed by atoms with Crippen molar-refractivity contribution in [2.75, 3.05) is 20.6 Å². The van der Waals surface area contributed by atoms with Gasteiger partial charge in [-0.1, -0.05) is 76.7 Å². The molecule has 0 unspecified atom stereocenters. The molecule has 0 aromatic heterocycles. The minimum atomic E-state index is -1.03. The topological polar surface area (TPSA) is 145 Å². The quantitative estimate of drug-likeness (QED) is 0.312. The molecule has 1 saturated heterocycles. The Kier molecular flexibility index (Phi) is 11.7. The smallest absolute Gasteiger partial charge is 0.327 e. The van der Waals surface area contributed by atoms with Gasteiger partial charge in [-0.15, -0.1) is 0 Å². The summed E-state index contributed by atoms with van der Waals surface area (Å²) >= 11 is 0.782. The van der Waals surface area contributed by atoms with Gasteiger partial charge in [0.25, 0.3) is 5.91 Å². The third kappa shape index (κ3) is 8.56. The molecule has 1 aromatic carbocycles. The van der Waals surface area contributed by atoms with Gasteiger partial charge in [0.05, 0.1) is 5.25 Å². The van der Waals surface area contributed by atoms with Crippen molar-refractivity contribution in [3.63, 3.8) is 0 Å². The van der Waals surface area contributed by atoms with Gasteiger partial charge in [-0.05, 0) is 38.0 Å². The molecule has 12 heteroatoms. The highest BCUT2D eigenvalue weighted by Gasteiger charge is 2.49. The Balaban J connectivity index is 2.32. The van der Waals surface area contributed by atoms with Crippen LogP contribution in [0.4, 0.5) is 4.79 Å². The van der Waals surface area contributed by atoms with Crippen molar-refractivity contribution in [2.24, 2.45) is 11.3 Å². The van der Waals surface area contributed by atoms with E-state index in [1.165, 1.54) is 19.0 Å². The first kappa shape index (κ1) is 34.8. The monoisotopic (exact) mass is 603 g/mol. The van der Waals surface area contributed by atoms with Gasteiger partial charge < -0.3 is 20.9 Å². The molecule has 0 radical (unpaired) electrons. The number of nitrogens with zero attached hydrogens (tertiary/aromatic N) is 2. The molecule has 232 valence electrons. The summed E-state index contributed by atoms with van der Waals surface area (Å²) in [6, 6.07) is 6.15. The second kappa shape index (κ2) is 14.2. The lowest BCUT2D eigenvalue weighted by atomic mass is 9.85. The van der Waals surface area contributed by atoms with Crippen LogP contribution < -0.4 is 16.0 Å². The van der Waals surface area contributed by atoms with Gasteiger partial charge in [-0.3, -0.25) is 28.9 Å². The molecule has 1 aromatic rings. The van der Waals surface area contributed by atoms with Crippen LogP contribution in [0.1, 0.15) is 71.7 Å². The molecule has 1 aliphatic rings. The fourth-order valence-electron chi connectivity index (χ4n) is 4.47. The standard InChI is InChI=1S/C30H45N5O6S/c1-18(2)17-20(23(36)33-22(25(38)31-8)29(3,4)5)32-24(37)21(42-26(39)19-13-11-10-12-14-19)15-16-35-27(40)30(6,7)34(9)28(35)41/h10-14,18,20-22H,15-17H2,1-9H3,(H,31,38)(H,32,37)(H,33,36)/t20-,21-,22+/m0/s1. The Morgan fingerprint density at radius 3 is 2.02 bits per heavy atom. The number of imide groups is 1. The number of hydrogen-bond acceptors (Lipinski definition) is 7. The number of hydrogen-bond donors (Lipinski definition) is 3. The molecule has 1 fully saturated rings. The van der Waals surface area contributed by atoms with Crippen LogP contribution in [0.25, 0.3) is 0 Å². The van der Waals surface area contributed by atoms with E-state index in [4.69, 9.17) is 0 Å². The van der Waals surface area contributed by atoms with Gasteiger partial charge in [0.2, 0.25) is 22.8 Å². The normalized spacial score (nSPS) is 17.1. The number of benzene rings is 1. The molecule has 3 N–H and O–H groups in total. The maximum atomic E-state index is 13.7. The average Bonchev–Trinajstić information content (AvgIpc) is 3.06. The van der Waals surface area contributed by atoms with E-state index >= 15 is 0 Å². The van der Waals surface area contributed by atoms with Gasteiger partial charge in [0, 0.05) is 26.2 Å². The van der Waals surface area contributed by atoms with Crippen molar-refractivity contribution >= 4 is 46.5 Å². The number of thioether (sulfide) groups is 1. The summed E-state index contributed by atoms with van der Waals surface area (Å²) in [7, 11) is 3.03. The first-order valence-corrected chi connectivity index (χ1v) is 15.0. The summed E-state index contributed by atoms with van der Waals surface area (Å²) in [6.07, 6.45) is 0.281. The SMILES string of the molecule is CNC(=O)[C@@H](NC(=O)[C@H](CC(C)C)NC(=O)[C@H](CCN1C(=O)N(C)C(C)(C)C1=O)SC(=O)c1ccccc1)C(C)(C)C. The molecule has 42 heavy (non-hydrogen) atoms. The third-order valence-electron chi connectivity index (χ3n) is 7.29. The molecule has 1 heterocycles. The predicted molar refractivity (Wildman–Crippen MR) is 163 cm³/mol. The summed E-state index contributed by atoms with van der Waals surface area (Å²) in [6.45, 7) is 12.5. The van der Waals surface area contributed by atoms with E-state index in [1.807, 2.05) is 34.6 Å². The first-order chi connectivity index (χ1) is 19.4. The van der Waals surface area contributed by atoms with E-state index in [9.17, 15) is 28.8 Å². The molecule has 11 nitrogen and oxygen atoms in total. The van der Waals surface area contributed by atoms with E-state index in [1.54, 1.807) is 44.2 Å². The van der Waals surface area contributed by atoms with Gasteiger partial charge in [-0.25, -0.2) is 4.79 Å². The van der Waals surface area contributed by atoms with Gasteiger partial charge >= 0.3 is 6.03 Å². The molecular weight excluding hydrogens is 558 g/mol. The second-order valence-corrected chi connectivity index (χ2v) is 13.7. The molecule has 2 rings (SSSR count). The molecule has 0 bridgehead atoms. The van der Waals surface area contributed by atoms with E-state index in [0.29, 0.717) is 5.56 Å². The van der Waals surface area contributed by atoms with Gasteiger partial charge in [0.15, 0.2) is 0 Å². The molecule has 0 aliphatic carbocycles. The van der Waals surface area contributed by atoms with Crippen LogP contribution in [0.15, 0.2) is 30.3 Å². The Morgan fingerprint density at radius 2 is 1.55 bits per heavy atom. The highest BCUT2D eigenvalue weighted by Crippen LogP contribution is 2.28. The Morgan fingerprint density at radius 1 is 0.952 bits per heavy atom. The molecule has 0 spiro atoms. The zero-order valence-electron chi connectivity index (χ0n) is 26.1. The number of amides is 6. The van der Waals surface area contributed by atoms with Crippen molar-refractivity contribution in [3.05, 3.63) is 35.9 Å². The fourth-order valence-corrected chi connectivity index (χ4v) is 5.40. The summed E-state index contributed by atoms with van der Waals surface area (Å²) in [5, 5.41) is 6.77. The van der Waals surface area contributed by atoms with E-state index in [-0.39, 0.29) is 36.3 Å². The third-order valence-corrected chi connectivity index (χ3v) is 8.48. The molecule has 1 aliphatic heterocycles. The maximum Gasteiger partial charge on any atom is 0.327 e. The number of urea groups is 1. The Bertz CT molecular complexity index is 1180. The second-order valence-electron chi connectivity index (χ2n) is 12.5. The van der Waals surface area contributed by atoms with Crippen molar-refractivity contribution in [2.45, 2.75) is 84.2 Å². The van der Waals surface area contributed by atoms with Crippen molar-refractivity contribution in [3.8, 4) is 0 Å². The number of nitrogens with one attached hydrogen (secondary N) is 3.